The van der Waals surface area contributed by atoms with Crippen molar-refractivity contribution in [2.75, 3.05) is 6.54 Å². The minimum absolute atomic E-state index is 0.0266. The lowest BCUT2D eigenvalue weighted by atomic mass is 10.2. The highest BCUT2D eigenvalue weighted by atomic mass is 32.2. The van der Waals surface area contributed by atoms with E-state index < -0.39 is 34.5 Å². The molecule has 0 saturated heterocycles. The molecular formula is C13H16N2O5S. The summed E-state index contributed by atoms with van der Waals surface area (Å²) in [6.45, 7) is 2.85. The van der Waals surface area contributed by atoms with Gasteiger partial charge in [-0.05, 0) is 18.6 Å². The van der Waals surface area contributed by atoms with Crippen LogP contribution in [-0.2, 0) is 19.6 Å². The largest absolute Gasteiger partial charge is 0.480 e. The Balaban J connectivity index is 2.60. The Labute approximate surface area is 122 Å². The van der Waals surface area contributed by atoms with Crippen molar-refractivity contribution in [3.05, 3.63) is 43.0 Å². The number of nitrogens with one attached hydrogen (secondary N) is 2. The second-order valence-corrected chi connectivity index (χ2v) is 5.89. The first-order valence-corrected chi connectivity index (χ1v) is 7.53. The van der Waals surface area contributed by atoms with Crippen molar-refractivity contribution < 1.29 is 23.1 Å². The molecule has 0 aliphatic rings. The molecule has 7 nitrogen and oxygen atoms in total. The van der Waals surface area contributed by atoms with Gasteiger partial charge in [-0.25, -0.2) is 17.9 Å². The molecule has 8 heteroatoms. The Morgan fingerprint density at radius 3 is 2.43 bits per heavy atom. The summed E-state index contributed by atoms with van der Waals surface area (Å²) in [5.74, 6) is -1.95. The first kappa shape index (κ1) is 16.9. The van der Waals surface area contributed by atoms with E-state index in [9.17, 15) is 18.0 Å². The van der Waals surface area contributed by atoms with Gasteiger partial charge in [-0.2, -0.15) is 0 Å². The summed E-state index contributed by atoms with van der Waals surface area (Å²) in [7, 11) is -3.80. The highest BCUT2D eigenvalue weighted by molar-refractivity contribution is 7.89. The van der Waals surface area contributed by atoms with Gasteiger partial charge in [0.25, 0.3) is 0 Å². The van der Waals surface area contributed by atoms with E-state index in [1.807, 2.05) is 0 Å². The number of hydrogen-bond donors (Lipinski definition) is 3. The molecule has 0 radical (unpaired) electrons. The molecule has 1 aromatic rings. The van der Waals surface area contributed by atoms with Gasteiger partial charge in [0.1, 0.15) is 6.04 Å². The molecule has 0 aliphatic heterocycles. The van der Waals surface area contributed by atoms with E-state index in [1.165, 1.54) is 18.2 Å². The number of hydrogen-bond acceptors (Lipinski definition) is 4. The lowest BCUT2D eigenvalue weighted by Crippen LogP contribution is -2.45. The van der Waals surface area contributed by atoms with Crippen molar-refractivity contribution >= 4 is 21.9 Å². The minimum Gasteiger partial charge on any atom is -0.480 e. The Morgan fingerprint density at radius 1 is 1.29 bits per heavy atom. The summed E-state index contributed by atoms with van der Waals surface area (Å²) in [5.41, 5.74) is 0. The Bertz CT molecular complexity index is 613. The van der Waals surface area contributed by atoms with Gasteiger partial charge < -0.3 is 10.4 Å². The molecule has 0 aliphatic carbocycles. The normalized spacial score (nSPS) is 12.4. The third-order valence-corrected chi connectivity index (χ3v) is 3.93. The van der Waals surface area contributed by atoms with Crippen LogP contribution in [0.15, 0.2) is 47.9 Å². The summed E-state index contributed by atoms with van der Waals surface area (Å²) in [6, 6.07) is 6.42. The Morgan fingerprint density at radius 2 is 1.90 bits per heavy atom. The predicted molar refractivity (Wildman–Crippen MR) is 76.0 cm³/mol. The molecule has 21 heavy (non-hydrogen) atoms. The Hall–Kier alpha value is -2.19. The number of carbonyl (C=O) groups excluding carboxylic acids is 1. The molecule has 0 fully saturated rings. The fourth-order valence-corrected chi connectivity index (χ4v) is 2.48. The van der Waals surface area contributed by atoms with Crippen LogP contribution >= 0.6 is 0 Å². The van der Waals surface area contributed by atoms with Crippen LogP contribution in [-0.4, -0.2) is 38.0 Å². The third kappa shape index (κ3) is 5.36. The standard InChI is InChI=1S/C13H16N2O5S/c1-2-6-11(13(17)18)15-12(16)9-14-21(19,20)10-7-4-3-5-8-10/h2-5,7-8,11,14H,1,6,9H2,(H,15,16)(H,17,18). The van der Waals surface area contributed by atoms with E-state index >= 15 is 0 Å². The molecule has 0 heterocycles. The monoisotopic (exact) mass is 312 g/mol. The number of sulfonamides is 1. The van der Waals surface area contributed by atoms with Crippen LogP contribution in [0.1, 0.15) is 6.42 Å². The van der Waals surface area contributed by atoms with Crippen LogP contribution in [0.25, 0.3) is 0 Å². The lowest BCUT2D eigenvalue weighted by molar-refractivity contribution is -0.141. The summed E-state index contributed by atoms with van der Waals surface area (Å²) in [5, 5.41) is 11.1. The fraction of sp³-hybridized carbons (Fsp3) is 0.231. The van der Waals surface area contributed by atoms with Crippen molar-refractivity contribution in [3.8, 4) is 0 Å². The zero-order valence-corrected chi connectivity index (χ0v) is 12.0. The van der Waals surface area contributed by atoms with Gasteiger partial charge in [-0.15, -0.1) is 6.58 Å². The van der Waals surface area contributed by atoms with Crippen molar-refractivity contribution in [2.24, 2.45) is 0 Å². The zero-order valence-electron chi connectivity index (χ0n) is 11.2. The number of aliphatic carboxylic acids is 1. The molecule has 3 N–H and O–H groups in total. The van der Waals surface area contributed by atoms with E-state index in [-0.39, 0.29) is 11.3 Å². The summed E-state index contributed by atoms with van der Waals surface area (Å²) in [6.07, 6.45) is 1.40. The number of benzene rings is 1. The van der Waals surface area contributed by atoms with Gasteiger partial charge >= 0.3 is 5.97 Å². The van der Waals surface area contributed by atoms with Gasteiger partial charge in [0, 0.05) is 0 Å². The van der Waals surface area contributed by atoms with Gasteiger partial charge in [-0.3, -0.25) is 4.79 Å². The maximum absolute atomic E-state index is 11.9. The highest BCUT2D eigenvalue weighted by Gasteiger charge is 2.20. The number of carboxylic acid groups (broad SMARTS) is 1. The van der Waals surface area contributed by atoms with Crippen molar-refractivity contribution in [1.29, 1.82) is 0 Å². The van der Waals surface area contributed by atoms with Crippen LogP contribution in [0, 0.1) is 0 Å². The molecule has 1 unspecified atom stereocenters. The quantitative estimate of drug-likeness (QED) is 0.590. The lowest BCUT2D eigenvalue weighted by Gasteiger charge is -2.13. The van der Waals surface area contributed by atoms with Crippen LogP contribution in [0.2, 0.25) is 0 Å². The molecule has 1 rings (SSSR count). The first-order chi connectivity index (χ1) is 9.86. The average Bonchev–Trinajstić information content (AvgIpc) is 2.45. The van der Waals surface area contributed by atoms with Crippen LogP contribution in [0.3, 0.4) is 0 Å². The van der Waals surface area contributed by atoms with E-state index in [2.05, 4.69) is 16.6 Å². The van der Waals surface area contributed by atoms with Crippen LogP contribution in [0.4, 0.5) is 0 Å². The molecular weight excluding hydrogens is 296 g/mol. The summed E-state index contributed by atoms with van der Waals surface area (Å²) < 4.78 is 25.8. The topological polar surface area (TPSA) is 113 Å². The minimum atomic E-state index is -3.80. The number of carbonyl (C=O) groups is 2. The molecule has 0 aromatic heterocycles. The SMILES string of the molecule is C=CCC(NC(=O)CNS(=O)(=O)c1ccccc1)C(=O)O. The van der Waals surface area contributed by atoms with Crippen molar-refractivity contribution in [3.63, 3.8) is 0 Å². The maximum atomic E-state index is 11.9. The second kappa shape index (κ2) is 7.55. The molecule has 0 spiro atoms. The van der Waals surface area contributed by atoms with Gasteiger partial charge in [0.15, 0.2) is 0 Å². The molecule has 1 amide bonds. The predicted octanol–water partition coefficient (Wildman–Crippen LogP) is 0.110. The second-order valence-electron chi connectivity index (χ2n) is 4.12. The van der Waals surface area contributed by atoms with Crippen molar-refractivity contribution in [1.82, 2.24) is 10.0 Å². The van der Waals surface area contributed by atoms with E-state index in [0.29, 0.717) is 0 Å². The van der Waals surface area contributed by atoms with Crippen molar-refractivity contribution in [2.45, 2.75) is 17.4 Å². The van der Waals surface area contributed by atoms with Crippen LogP contribution in [0.5, 0.6) is 0 Å². The molecule has 114 valence electrons. The Kier molecular flexibility index (Phi) is 6.07. The smallest absolute Gasteiger partial charge is 0.326 e. The van der Waals surface area contributed by atoms with Gasteiger partial charge in [-0.1, -0.05) is 24.3 Å². The molecule has 0 bridgehead atoms. The maximum Gasteiger partial charge on any atom is 0.326 e. The van der Waals surface area contributed by atoms with E-state index in [1.54, 1.807) is 18.2 Å². The van der Waals surface area contributed by atoms with E-state index in [0.717, 1.165) is 0 Å². The third-order valence-electron chi connectivity index (χ3n) is 2.51. The number of carboxylic acids is 1. The summed E-state index contributed by atoms with van der Waals surface area (Å²) in [4.78, 5) is 22.4. The first-order valence-electron chi connectivity index (χ1n) is 6.04. The molecule has 0 saturated carbocycles. The average molecular weight is 312 g/mol. The zero-order chi connectivity index (χ0) is 15.9. The number of amides is 1. The summed E-state index contributed by atoms with van der Waals surface area (Å²) >= 11 is 0. The van der Waals surface area contributed by atoms with E-state index in [4.69, 9.17) is 5.11 Å². The number of rotatable bonds is 8. The van der Waals surface area contributed by atoms with Gasteiger partial charge in [0.05, 0.1) is 11.4 Å². The van der Waals surface area contributed by atoms with Crippen LogP contribution < -0.4 is 10.0 Å². The molecule has 1 atom stereocenters. The fourth-order valence-electron chi connectivity index (χ4n) is 1.48. The highest BCUT2D eigenvalue weighted by Crippen LogP contribution is 2.06. The molecule has 1 aromatic carbocycles. The van der Waals surface area contributed by atoms with Gasteiger partial charge in [0.2, 0.25) is 15.9 Å².